The Kier molecular flexibility index (Phi) is 7.13. The fourth-order valence-electron chi connectivity index (χ4n) is 2.87. The quantitative estimate of drug-likeness (QED) is 0.497. The third-order valence-corrected chi connectivity index (χ3v) is 4.54. The molecule has 0 saturated carbocycles. The van der Waals surface area contributed by atoms with Gasteiger partial charge < -0.3 is 23.5 Å². The van der Waals surface area contributed by atoms with E-state index in [9.17, 15) is 4.79 Å². The van der Waals surface area contributed by atoms with Crippen molar-refractivity contribution in [3.05, 3.63) is 47.4 Å². The van der Waals surface area contributed by atoms with E-state index >= 15 is 0 Å². The summed E-state index contributed by atoms with van der Waals surface area (Å²) in [6.07, 6.45) is 1.84. The van der Waals surface area contributed by atoms with E-state index < -0.39 is 5.97 Å². The minimum atomic E-state index is -0.518. The fourth-order valence-corrected chi connectivity index (χ4v) is 2.87. The van der Waals surface area contributed by atoms with E-state index in [4.69, 9.17) is 13.9 Å². The summed E-state index contributed by atoms with van der Waals surface area (Å²) in [4.78, 5) is 13.8. The summed E-state index contributed by atoms with van der Waals surface area (Å²) < 4.78 is 21.6. The van der Waals surface area contributed by atoms with E-state index in [1.54, 1.807) is 12.1 Å². The van der Waals surface area contributed by atoms with Crippen LogP contribution in [0.15, 0.2) is 39.9 Å². The normalized spacial score (nSPS) is 14.9. The molecule has 1 aromatic carbocycles. The Morgan fingerprint density at radius 1 is 1.14 bits per heavy atom. The van der Waals surface area contributed by atoms with E-state index in [0.29, 0.717) is 23.9 Å². The Morgan fingerprint density at radius 3 is 2.66 bits per heavy atom. The molecule has 0 radical (unpaired) electrons. The van der Waals surface area contributed by atoms with Gasteiger partial charge in [-0.2, -0.15) is 5.10 Å². The molecule has 29 heavy (non-hydrogen) atoms. The Balaban J connectivity index is 1.64. The number of hydrazone groups is 1. The maximum Gasteiger partial charge on any atom is 0.373 e. The van der Waals surface area contributed by atoms with E-state index in [0.717, 1.165) is 31.7 Å². The van der Waals surface area contributed by atoms with Crippen molar-refractivity contribution >= 4 is 12.2 Å². The van der Waals surface area contributed by atoms with Gasteiger partial charge in [0.1, 0.15) is 12.4 Å². The lowest BCUT2D eigenvalue weighted by molar-refractivity contribution is 0.0561. The lowest BCUT2D eigenvalue weighted by Gasteiger charge is -2.30. The van der Waals surface area contributed by atoms with Crippen LogP contribution in [0.3, 0.4) is 0 Å². The molecule has 1 aromatic heterocycles. The summed E-state index contributed by atoms with van der Waals surface area (Å²) in [6, 6.07) is 8.93. The molecular weight excluding hydrogens is 374 g/mol. The molecule has 8 heteroatoms. The highest BCUT2D eigenvalue weighted by Crippen LogP contribution is 2.29. The SMILES string of the molecule is CCOc1cc(/C=N\N2CCN(C)CC2)ccc1OCc1ccc(C(=O)OC)o1. The first kappa shape index (κ1) is 20.7. The van der Waals surface area contributed by atoms with E-state index in [1.807, 2.05) is 31.3 Å². The third kappa shape index (κ3) is 5.74. The van der Waals surface area contributed by atoms with Crippen LogP contribution in [0.5, 0.6) is 11.5 Å². The van der Waals surface area contributed by atoms with Crippen LogP contribution < -0.4 is 9.47 Å². The van der Waals surface area contributed by atoms with Crippen LogP contribution in [0.2, 0.25) is 0 Å². The van der Waals surface area contributed by atoms with Gasteiger partial charge in [0.2, 0.25) is 5.76 Å². The first-order valence-electron chi connectivity index (χ1n) is 9.63. The molecule has 1 fully saturated rings. The van der Waals surface area contributed by atoms with Gasteiger partial charge in [0, 0.05) is 26.2 Å². The van der Waals surface area contributed by atoms with Crippen LogP contribution in [0.1, 0.15) is 28.8 Å². The number of benzene rings is 1. The molecule has 1 aliphatic heterocycles. The lowest BCUT2D eigenvalue weighted by atomic mass is 10.2. The highest BCUT2D eigenvalue weighted by Gasteiger charge is 2.13. The van der Waals surface area contributed by atoms with E-state index in [2.05, 4.69) is 26.8 Å². The second-order valence-corrected chi connectivity index (χ2v) is 6.69. The molecule has 8 nitrogen and oxygen atoms in total. The van der Waals surface area contributed by atoms with Crippen LogP contribution >= 0.6 is 0 Å². The predicted octanol–water partition coefficient (Wildman–Crippen LogP) is 2.63. The summed E-state index contributed by atoms with van der Waals surface area (Å²) >= 11 is 0. The minimum absolute atomic E-state index is 0.145. The Hall–Kier alpha value is -3.00. The molecule has 156 valence electrons. The van der Waals surface area contributed by atoms with Gasteiger partial charge in [0.05, 0.1) is 19.9 Å². The Labute approximate surface area is 170 Å². The first-order chi connectivity index (χ1) is 14.1. The number of carbonyl (C=O) groups is 1. The van der Waals surface area contributed by atoms with Gasteiger partial charge >= 0.3 is 5.97 Å². The second-order valence-electron chi connectivity index (χ2n) is 6.69. The van der Waals surface area contributed by atoms with E-state index in [1.165, 1.54) is 7.11 Å². The van der Waals surface area contributed by atoms with Crippen LogP contribution in [0.25, 0.3) is 0 Å². The molecule has 3 rings (SSSR count). The summed E-state index contributed by atoms with van der Waals surface area (Å²) in [6.45, 7) is 6.47. The molecule has 0 bridgehead atoms. The maximum absolute atomic E-state index is 11.5. The number of methoxy groups -OCH3 is 1. The van der Waals surface area contributed by atoms with Gasteiger partial charge in [0.15, 0.2) is 11.5 Å². The third-order valence-electron chi connectivity index (χ3n) is 4.54. The molecule has 0 atom stereocenters. The molecule has 0 spiro atoms. The van der Waals surface area contributed by atoms with E-state index in [-0.39, 0.29) is 12.4 Å². The molecule has 2 heterocycles. The first-order valence-corrected chi connectivity index (χ1v) is 9.63. The zero-order valence-electron chi connectivity index (χ0n) is 17.1. The number of nitrogens with zero attached hydrogens (tertiary/aromatic N) is 3. The Morgan fingerprint density at radius 2 is 1.93 bits per heavy atom. The smallest absolute Gasteiger partial charge is 0.373 e. The molecule has 0 amide bonds. The zero-order chi connectivity index (χ0) is 20.6. The molecule has 0 unspecified atom stereocenters. The minimum Gasteiger partial charge on any atom is -0.490 e. The highest BCUT2D eigenvalue weighted by molar-refractivity contribution is 5.86. The van der Waals surface area contributed by atoms with Gasteiger partial charge in [-0.1, -0.05) is 0 Å². The van der Waals surface area contributed by atoms with Crippen LogP contribution in [0, 0.1) is 0 Å². The fraction of sp³-hybridized carbons (Fsp3) is 0.429. The number of furan rings is 1. The van der Waals surface area contributed by atoms with Crippen molar-refractivity contribution in [1.29, 1.82) is 0 Å². The summed E-state index contributed by atoms with van der Waals surface area (Å²) in [5.41, 5.74) is 0.936. The number of rotatable bonds is 8. The Bertz CT molecular complexity index is 841. The van der Waals surface area contributed by atoms with Gasteiger partial charge in [0.25, 0.3) is 0 Å². The number of hydrogen-bond acceptors (Lipinski definition) is 8. The molecular formula is C21H27N3O5. The lowest BCUT2D eigenvalue weighted by Crippen LogP contribution is -2.41. The average Bonchev–Trinajstić information content (AvgIpc) is 3.21. The number of ether oxygens (including phenoxy) is 3. The maximum atomic E-state index is 11.5. The van der Waals surface area contributed by atoms with Crippen molar-refractivity contribution in [2.24, 2.45) is 5.10 Å². The number of hydrogen-bond donors (Lipinski definition) is 0. The van der Waals surface area contributed by atoms with Crippen molar-refractivity contribution in [1.82, 2.24) is 9.91 Å². The molecule has 0 N–H and O–H groups in total. The molecule has 1 saturated heterocycles. The van der Waals surface area contributed by atoms with Crippen molar-refractivity contribution in [3.63, 3.8) is 0 Å². The highest BCUT2D eigenvalue weighted by atomic mass is 16.5. The number of piperazine rings is 1. The van der Waals surface area contributed by atoms with Crippen LogP contribution in [0.4, 0.5) is 0 Å². The number of esters is 1. The second kappa shape index (κ2) is 9.97. The molecule has 1 aliphatic rings. The zero-order valence-corrected chi connectivity index (χ0v) is 17.1. The predicted molar refractivity (Wildman–Crippen MR) is 109 cm³/mol. The average molecular weight is 401 g/mol. The van der Waals surface area contributed by atoms with Gasteiger partial charge in [-0.25, -0.2) is 4.79 Å². The van der Waals surface area contributed by atoms with Gasteiger partial charge in [-0.3, -0.25) is 5.01 Å². The van der Waals surface area contributed by atoms with Crippen molar-refractivity contribution in [3.8, 4) is 11.5 Å². The summed E-state index contributed by atoms with van der Waals surface area (Å²) in [5, 5.41) is 6.64. The van der Waals surface area contributed by atoms with Crippen molar-refractivity contribution in [2.45, 2.75) is 13.5 Å². The molecule has 0 aliphatic carbocycles. The monoisotopic (exact) mass is 401 g/mol. The largest absolute Gasteiger partial charge is 0.490 e. The van der Waals surface area contributed by atoms with Crippen LogP contribution in [-0.4, -0.2) is 69.0 Å². The summed E-state index contributed by atoms with van der Waals surface area (Å²) in [7, 11) is 3.43. The van der Waals surface area contributed by atoms with Gasteiger partial charge in [-0.05, 0) is 49.9 Å². The number of carbonyl (C=O) groups excluding carboxylic acids is 1. The van der Waals surface area contributed by atoms with Crippen molar-refractivity contribution < 1.29 is 23.4 Å². The standard InChI is InChI=1S/C21H27N3O5/c1-4-27-20-13-16(14-22-24-11-9-23(2)10-12-24)5-7-18(20)28-15-17-6-8-19(29-17)21(25)26-3/h5-8,13-14H,4,9-12,15H2,1-3H3/b22-14-. The molecule has 2 aromatic rings. The summed E-state index contributed by atoms with van der Waals surface area (Å²) in [5.74, 6) is 1.38. The topological polar surface area (TPSA) is 76.7 Å². The van der Waals surface area contributed by atoms with Crippen molar-refractivity contribution in [2.75, 3.05) is 46.9 Å². The van der Waals surface area contributed by atoms with Gasteiger partial charge in [-0.15, -0.1) is 0 Å². The number of likely N-dealkylation sites (N-methyl/N-ethyl adjacent to an activating group) is 1. The van der Waals surface area contributed by atoms with Crippen LogP contribution in [-0.2, 0) is 11.3 Å².